The van der Waals surface area contributed by atoms with E-state index >= 15 is 0 Å². The summed E-state index contributed by atoms with van der Waals surface area (Å²) in [7, 11) is 0. The molecule has 24 heavy (non-hydrogen) atoms. The molecular formula is C18H28N2O4. The van der Waals surface area contributed by atoms with Crippen LogP contribution in [0.1, 0.15) is 45.0 Å². The molecule has 0 saturated heterocycles. The molecule has 0 aliphatic heterocycles. The largest absolute Gasteiger partial charge is 0.490 e. The van der Waals surface area contributed by atoms with Crippen LogP contribution in [0.5, 0.6) is 11.5 Å². The Kier molecular flexibility index (Phi) is 8.09. The molecule has 0 heterocycles. The first-order valence-corrected chi connectivity index (χ1v) is 8.41. The van der Waals surface area contributed by atoms with Crippen molar-refractivity contribution < 1.29 is 19.1 Å². The van der Waals surface area contributed by atoms with Gasteiger partial charge in [-0.1, -0.05) is 0 Å². The van der Waals surface area contributed by atoms with Crippen molar-refractivity contribution in [2.24, 2.45) is 0 Å². The molecule has 0 spiro atoms. The summed E-state index contributed by atoms with van der Waals surface area (Å²) in [5, 5.41) is 2.79. The molecule has 0 fully saturated rings. The number of nitrogens with zero attached hydrogens (tertiary/aromatic N) is 1. The summed E-state index contributed by atoms with van der Waals surface area (Å²) in [5.41, 5.74) is 0.473. The summed E-state index contributed by atoms with van der Waals surface area (Å²) in [5.74, 6) is 0.765. The van der Waals surface area contributed by atoms with E-state index in [1.165, 1.54) is 4.90 Å². The molecule has 0 aromatic heterocycles. The predicted molar refractivity (Wildman–Crippen MR) is 93.6 cm³/mol. The van der Waals surface area contributed by atoms with Crippen LogP contribution in [0.3, 0.4) is 0 Å². The van der Waals surface area contributed by atoms with E-state index < -0.39 is 0 Å². The van der Waals surface area contributed by atoms with Gasteiger partial charge < -0.3 is 19.7 Å². The van der Waals surface area contributed by atoms with Crippen molar-refractivity contribution in [3.63, 3.8) is 0 Å². The summed E-state index contributed by atoms with van der Waals surface area (Å²) in [6, 6.07) is 5.13. The average molecular weight is 336 g/mol. The van der Waals surface area contributed by atoms with Gasteiger partial charge in [-0.05, 0) is 52.8 Å². The van der Waals surface area contributed by atoms with Gasteiger partial charge in [-0.15, -0.1) is 0 Å². The molecule has 134 valence electrons. The minimum Gasteiger partial charge on any atom is -0.490 e. The zero-order chi connectivity index (χ0) is 18.1. The maximum absolute atomic E-state index is 12.7. The lowest BCUT2D eigenvalue weighted by molar-refractivity contribution is -0.122. The molecule has 0 atom stereocenters. The summed E-state index contributed by atoms with van der Waals surface area (Å²) < 4.78 is 11.1. The Morgan fingerprint density at radius 2 is 1.71 bits per heavy atom. The summed E-state index contributed by atoms with van der Waals surface area (Å²) in [6.45, 7) is 10.9. The fraction of sp³-hybridized carbons (Fsp3) is 0.556. The lowest BCUT2D eigenvalue weighted by atomic mass is 10.1. The third-order valence-corrected chi connectivity index (χ3v) is 3.24. The topological polar surface area (TPSA) is 67.9 Å². The van der Waals surface area contributed by atoms with E-state index in [1.54, 1.807) is 18.2 Å². The van der Waals surface area contributed by atoms with E-state index in [-0.39, 0.29) is 24.4 Å². The van der Waals surface area contributed by atoms with Gasteiger partial charge in [0.15, 0.2) is 11.5 Å². The maximum Gasteiger partial charge on any atom is 0.254 e. The fourth-order valence-corrected chi connectivity index (χ4v) is 2.23. The second kappa shape index (κ2) is 9.80. The number of hydrogen-bond donors (Lipinski definition) is 1. The van der Waals surface area contributed by atoms with Crippen molar-refractivity contribution in [1.82, 2.24) is 10.2 Å². The first-order valence-electron chi connectivity index (χ1n) is 8.41. The fourth-order valence-electron chi connectivity index (χ4n) is 2.23. The van der Waals surface area contributed by atoms with Crippen LogP contribution in [0.15, 0.2) is 18.2 Å². The SMILES string of the molecule is CCOc1ccc(C(=O)N(CC)CC(=O)NC(C)C)cc1OCC. The van der Waals surface area contributed by atoms with Crippen LogP contribution in [0, 0.1) is 0 Å². The van der Waals surface area contributed by atoms with Crippen LogP contribution in [0.2, 0.25) is 0 Å². The standard InChI is InChI=1S/C18H28N2O4/c1-6-20(12-17(21)19-13(4)5)18(22)14-9-10-15(23-7-2)16(11-14)24-8-3/h9-11,13H,6-8,12H2,1-5H3,(H,19,21). The number of likely N-dealkylation sites (N-methyl/N-ethyl adjacent to an activating group) is 1. The van der Waals surface area contributed by atoms with Gasteiger partial charge in [0.1, 0.15) is 0 Å². The molecule has 6 heteroatoms. The predicted octanol–water partition coefficient (Wildman–Crippen LogP) is 2.47. The van der Waals surface area contributed by atoms with Crippen LogP contribution >= 0.6 is 0 Å². The molecule has 1 N–H and O–H groups in total. The highest BCUT2D eigenvalue weighted by atomic mass is 16.5. The van der Waals surface area contributed by atoms with Gasteiger partial charge in [0, 0.05) is 18.2 Å². The van der Waals surface area contributed by atoms with Gasteiger partial charge in [0.2, 0.25) is 5.91 Å². The second-order valence-corrected chi connectivity index (χ2v) is 5.57. The number of carbonyl (C=O) groups is 2. The van der Waals surface area contributed by atoms with Crippen LogP contribution in [-0.2, 0) is 4.79 Å². The Bertz CT molecular complexity index is 558. The Balaban J connectivity index is 2.94. The summed E-state index contributed by atoms with van der Waals surface area (Å²) in [4.78, 5) is 26.1. The second-order valence-electron chi connectivity index (χ2n) is 5.57. The van der Waals surface area contributed by atoms with E-state index in [0.29, 0.717) is 36.8 Å². The van der Waals surface area contributed by atoms with Crippen molar-refractivity contribution in [3.05, 3.63) is 23.8 Å². The van der Waals surface area contributed by atoms with Gasteiger partial charge in [-0.2, -0.15) is 0 Å². The molecule has 0 aliphatic carbocycles. The van der Waals surface area contributed by atoms with Crippen LogP contribution in [-0.4, -0.2) is 49.1 Å². The van der Waals surface area contributed by atoms with E-state index in [9.17, 15) is 9.59 Å². The molecule has 0 bridgehead atoms. The number of carbonyl (C=O) groups excluding carboxylic acids is 2. The Morgan fingerprint density at radius 1 is 1.08 bits per heavy atom. The lowest BCUT2D eigenvalue weighted by Gasteiger charge is -2.22. The quantitative estimate of drug-likeness (QED) is 0.752. The van der Waals surface area contributed by atoms with Gasteiger partial charge in [-0.3, -0.25) is 9.59 Å². The first-order chi connectivity index (χ1) is 11.4. The van der Waals surface area contributed by atoms with Crippen molar-refractivity contribution >= 4 is 11.8 Å². The molecule has 0 radical (unpaired) electrons. The van der Waals surface area contributed by atoms with Gasteiger partial charge >= 0.3 is 0 Å². The number of amides is 2. The molecule has 0 unspecified atom stereocenters. The Labute approximate surface area is 144 Å². The lowest BCUT2D eigenvalue weighted by Crippen LogP contribution is -2.42. The van der Waals surface area contributed by atoms with E-state index in [1.807, 2.05) is 34.6 Å². The van der Waals surface area contributed by atoms with Crippen molar-refractivity contribution in [3.8, 4) is 11.5 Å². The highest BCUT2D eigenvalue weighted by Gasteiger charge is 2.19. The number of nitrogens with one attached hydrogen (secondary N) is 1. The van der Waals surface area contributed by atoms with Crippen molar-refractivity contribution in [2.75, 3.05) is 26.3 Å². The normalized spacial score (nSPS) is 10.4. The molecule has 1 aromatic carbocycles. The summed E-state index contributed by atoms with van der Waals surface area (Å²) in [6.07, 6.45) is 0. The van der Waals surface area contributed by atoms with Crippen LogP contribution in [0.25, 0.3) is 0 Å². The van der Waals surface area contributed by atoms with E-state index in [0.717, 1.165) is 0 Å². The zero-order valence-electron chi connectivity index (χ0n) is 15.2. The number of hydrogen-bond acceptors (Lipinski definition) is 4. The number of ether oxygens (including phenoxy) is 2. The molecule has 0 aliphatic rings. The third-order valence-electron chi connectivity index (χ3n) is 3.24. The van der Waals surface area contributed by atoms with Gasteiger partial charge in [0.25, 0.3) is 5.91 Å². The molecule has 0 saturated carbocycles. The molecule has 2 amide bonds. The maximum atomic E-state index is 12.7. The number of rotatable bonds is 9. The molecular weight excluding hydrogens is 308 g/mol. The minimum absolute atomic E-state index is 0.0324. The third kappa shape index (κ3) is 5.76. The highest BCUT2D eigenvalue weighted by molar-refractivity contribution is 5.97. The van der Waals surface area contributed by atoms with Gasteiger partial charge in [-0.25, -0.2) is 0 Å². The number of benzene rings is 1. The van der Waals surface area contributed by atoms with Crippen molar-refractivity contribution in [2.45, 2.75) is 40.7 Å². The molecule has 1 aromatic rings. The van der Waals surface area contributed by atoms with Gasteiger partial charge in [0.05, 0.1) is 19.8 Å². The molecule has 6 nitrogen and oxygen atoms in total. The average Bonchev–Trinajstić information content (AvgIpc) is 2.53. The van der Waals surface area contributed by atoms with E-state index in [2.05, 4.69) is 5.32 Å². The molecule has 1 rings (SSSR count). The first kappa shape index (κ1) is 19.8. The highest BCUT2D eigenvalue weighted by Crippen LogP contribution is 2.29. The van der Waals surface area contributed by atoms with Crippen LogP contribution in [0.4, 0.5) is 0 Å². The monoisotopic (exact) mass is 336 g/mol. The van der Waals surface area contributed by atoms with Crippen LogP contribution < -0.4 is 14.8 Å². The van der Waals surface area contributed by atoms with E-state index in [4.69, 9.17) is 9.47 Å². The van der Waals surface area contributed by atoms with Crippen molar-refractivity contribution in [1.29, 1.82) is 0 Å². The summed E-state index contributed by atoms with van der Waals surface area (Å²) >= 11 is 0. The Hall–Kier alpha value is -2.24. The minimum atomic E-state index is -0.208. The smallest absolute Gasteiger partial charge is 0.254 e. The zero-order valence-corrected chi connectivity index (χ0v) is 15.2. The Morgan fingerprint density at radius 3 is 2.25 bits per heavy atom.